The molecule has 0 saturated carbocycles. The lowest BCUT2D eigenvalue weighted by atomic mass is 9.91. The first-order chi connectivity index (χ1) is 5.49. The highest BCUT2D eigenvalue weighted by molar-refractivity contribution is 5.75. The lowest BCUT2D eigenvalue weighted by Gasteiger charge is -2.25. The topological polar surface area (TPSA) is 26.3 Å². The summed E-state index contributed by atoms with van der Waals surface area (Å²) in [6.07, 6.45) is 0.824. The Hall–Kier alpha value is -0.370. The maximum atomic E-state index is 10.8. The number of methoxy groups -OCH3 is 1. The van der Waals surface area contributed by atoms with Gasteiger partial charge in [0.2, 0.25) is 0 Å². The van der Waals surface area contributed by atoms with Crippen LogP contribution in [-0.2, 0) is 9.53 Å². The minimum absolute atomic E-state index is 0.203. The molecule has 2 nitrogen and oxygen atoms in total. The number of hydrogen-bond donors (Lipinski definition) is 0. The Labute approximate surface area is 75.3 Å². The summed E-state index contributed by atoms with van der Waals surface area (Å²) in [7, 11) is 1.71. The number of Topliss-reactive ketones (excluding diaryl/α,β-unsaturated/α-hetero) is 1. The molecule has 0 aliphatic heterocycles. The first-order valence-electron chi connectivity index (χ1n) is 4.51. The van der Waals surface area contributed by atoms with Crippen molar-refractivity contribution in [3.63, 3.8) is 0 Å². The fraction of sp³-hybridized carbons (Fsp3) is 0.900. The zero-order valence-electron chi connectivity index (χ0n) is 8.76. The average molecular weight is 172 g/mol. The number of ether oxygens (including phenoxy) is 1. The highest BCUT2D eigenvalue weighted by atomic mass is 16.5. The van der Waals surface area contributed by atoms with Gasteiger partial charge in [0.05, 0.1) is 6.10 Å². The summed E-state index contributed by atoms with van der Waals surface area (Å²) < 4.78 is 5.32. The van der Waals surface area contributed by atoms with Crippen molar-refractivity contribution in [3.05, 3.63) is 0 Å². The van der Waals surface area contributed by atoms with E-state index in [0.29, 0.717) is 18.3 Å². The molecule has 12 heavy (non-hydrogen) atoms. The monoisotopic (exact) mass is 172 g/mol. The number of rotatable bonds is 5. The maximum Gasteiger partial charge on any atom is 0.130 e. The molecule has 0 aliphatic rings. The van der Waals surface area contributed by atoms with Gasteiger partial charge in [-0.05, 0) is 18.8 Å². The molecule has 0 spiro atoms. The van der Waals surface area contributed by atoms with Crippen LogP contribution in [0.1, 0.15) is 34.1 Å². The SMILES string of the molecule is CO[C@@H](C(C)C)[C@H](C)CC(C)=O. The number of hydrogen-bond acceptors (Lipinski definition) is 2. The van der Waals surface area contributed by atoms with Gasteiger partial charge in [-0.25, -0.2) is 0 Å². The van der Waals surface area contributed by atoms with Crippen LogP contribution in [0.2, 0.25) is 0 Å². The number of ketones is 1. The molecule has 72 valence electrons. The van der Waals surface area contributed by atoms with E-state index in [9.17, 15) is 4.79 Å². The van der Waals surface area contributed by atoms with Gasteiger partial charge in [-0.15, -0.1) is 0 Å². The van der Waals surface area contributed by atoms with E-state index in [4.69, 9.17) is 4.74 Å². The van der Waals surface area contributed by atoms with Gasteiger partial charge in [0, 0.05) is 13.5 Å². The zero-order valence-corrected chi connectivity index (χ0v) is 8.76. The highest BCUT2D eigenvalue weighted by Crippen LogP contribution is 2.18. The molecule has 0 aromatic heterocycles. The molecule has 2 atom stereocenters. The summed E-state index contributed by atoms with van der Waals surface area (Å²) in [5.41, 5.74) is 0. The summed E-state index contributed by atoms with van der Waals surface area (Å²) in [5, 5.41) is 0. The van der Waals surface area contributed by atoms with Gasteiger partial charge in [0.15, 0.2) is 0 Å². The molecule has 0 aromatic carbocycles. The van der Waals surface area contributed by atoms with Crippen LogP contribution in [0.3, 0.4) is 0 Å². The van der Waals surface area contributed by atoms with Crippen molar-refractivity contribution in [2.24, 2.45) is 11.8 Å². The van der Waals surface area contributed by atoms with E-state index in [1.807, 2.05) is 0 Å². The number of carbonyl (C=O) groups excluding carboxylic acids is 1. The molecule has 2 heteroatoms. The van der Waals surface area contributed by atoms with Gasteiger partial charge >= 0.3 is 0 Å². The Morgan fingerprint density at radius 2 is 1.83 bits per heavy atom. The third-order valence-corrected chi connectivity index (χ3v) is 2.10. The van der Waals surface area contributed by atoms with Gasteiger partial charge < -0.3 is 9.53 Å². The van der Waals surface area contributed by atoms with Crippen molar-refractivity contribution in [1.29, 1.82) is 0 Å². The second-order valence-electron chi connectivity index (χ2n) is 3.83. The van der Waals surface area contributed by atoms with Crippen LogP contribution in [0.25, 0.3) is 0 Å². The van der Waals surface area contributed by atoms with E-state index in [1.165, 1.54) is 0 Å². The quantitative estimate of drug-likeness (QED) is 0.636. The van der Waals surface area contributed by atoms with E-state index >= 15 is 0 Å². The van der Waals surface area contributed by atoms with Crippen LogP contribution >= 0.6 is 0 Å². The van der Waals surface area contributed by atoms with Crippen LogP contribution in [-0.4, -0.2) is 19.0 Å². The molecule has 0 rings (SSSR count). The van der Waals surface area contributed by atoms with E-state index in [2.05, 4.69) is 20.8 Å². The van der Waals surface area contributed by atoms with Crippen LogP contribution in [0.15, 0.2) is 0 Å². The Morgan fingerprint density at radius 3 is 2.08 bits per heavy atom. The van der Waals surface area contributed by atoms with Gasteiger partial charge in [-0.1, -0.05) is 20.8 Å². The Balaban J connectivity index is 4.02. The second-order valence-corrected chi connectivity index (χ2v) is 3.83. The normalized spacial score (nSPS) is 16.2. The molecular weight excluding hydrogens is 152 g/mol. The molecule has 0 bridgehead atoms. The van der Waals surface area contributed by atoms with Crippen LogP contribution in [0.4, 0.5) is 0 Å². The average Bonchev–Trinajstić information content (AvgIpc) is 1.85. The van der Waals surface area contributed by atoms with Gasteiger partial charge in [0.25, 0.3) is 0 Å². The van der Waals surface area contributed by atoms with Gasteiger partial charge in [-0.3, -0.25) is 0 Å². The summed E-state index contributed by atoms with van der Waals surface area (Å²) in [6, 6.07) is 0. The molecule has 0 aliphatic carbocycles. The zero-order chi connectivity index (χ0) is 9.72. The van der Waals surface area contributed by atoms with Crippen molar-refractivity contribution < 1.29 is 9.53 Å². The van der Waals surface area contributed by atoms with E-state index in [1.54, 1.807) is 14.0 Å². The number of carbonyl (C=O) groups is 1. The Morgan fingerprint density at radius 1 is 1.33 bits per heavy atom. The maximum absolute atomic E-state index is 10.8. The molecule has 0 fully saturated rings. The van der Waals surface area contributed by atoms with Crippen LogP contribution in [0.5, 0.6) is 0 Å². The smallest absolute Gasteiger partial charge is 0.130 e. The fourth-order valence-electron chi connectivity index (χ4n) is 1.73. The largest absolute Gasteiger partial charge is 0.381 e. The van der Waals surface area contributed by atoms with Crippen LogP contribution in [0, 0.1) is 11.8 Å². The second kappa shape index (κ2) is 5.31. The van der Waals surface area contributed by atoms with Crippen molar-refractivity contribution in [2.45, 2.75) is 40.2 Å². The molecule has 0 N–H and O–H groups in total. The predicted molar refractivity (Wildman–Crippen MR) is 50.1 cm³/mol. The molecule has 0 amide bonds. The third-order valence-electron chi connectivity index (χ3n) is 2.10. The molecular formula is C10H20O2. The summed E-state index contributed by atoms with van der Waals surface area (Å²) in [5.74, 6) is 1.04. The van der Waals surface area contributed by atoms with Gasteiger partial charge in [0.1, 0.15) is 5.78 Å². The Bertz CT molecular complexity index is 141. The van der Waals surface area contributed by atoms with E-state index in [0.717, 1.165) is 0 Å². The Kier molecular flexibility index (Phi) is 5.14. The molecule has 0 heterocycles. The molecule has 0 unspecified atom stereocenters. The first-order valence-corrected chi connectivity index (χ1v) is 4.51. The minimum Gasteiger partial charge on any atom is -0.381 e. The van der Waals surface area contributed by atoms with E-state index in [-0.39, 0.29) is 11.9 Å². The highest BCUT2D eigenvalue weighted by Gasteiger charge is 2.21. The van der Waals surface area contributed by atoms with Crippen molar-refractivity contribution >= 4 is 5.78 Å². The predicted octanol–water partition coefficient (Wildman–Crippen LogP) is 2.27. The van der Waals surface area contributed by atoms with E-state index < -0.39 is 0 Å². The van der Waals surface area contributed by atoms with Crippen LogP contribution < -0.4 is 0 Å². The molecule has 0 aromatic rings. The summed E-state index contributed by atoms with van der Waals surface area (Å²) >= 11 is 0. The summed E-state index contributed by atoms with van der Waals surface area (Å²) in [4.78, 5) is 10.8. The summed E-state index contributed by atoms with van der Waals surface area (Å²) in [6.45, 7) is 7.93. The first kappa shape index (κ1) is 11.6. The minimum atomic E-state index is 0.203. The van der Waals surface area contributed by atoms with Gasteiger partial charge in [-0.2, -0.15) is 0 Å². The lowest BCUT2D eigenvalue weighted by Crippen LogP contribution is -2.27. The van der Waals surface area contributed by atoms with Crippen molar-refractivity contribution in [3.8, 4) is 0 Å². The van der Waals surface area contributed by atoms with Crippen molar-refractivity contribution in [2.75, 3.05) is 7.11 Å². The molecule has 0 saturated heterocycles. The third kappa shape index (κ3) is 3.86. The molecule has 0 radical (unpaired) electrons. The lowest BCUT2D eigenvalue weighted by molar-refractivity contribution is -0.119. The fourth-order valence-corrected chi connectivity index (χ4v) is 1.73. The standard InChI is InChI=1S/C10H20O2/c1-7(2)10(12-5)8(3)6-9(4)11/h7-8,10H,6H2,1-5H3/t8-,10+/m1/s1. The van der Waals surface area contributed by atoms with Crippen molar-refractivity contribution in [1.82, 2.24) is 0 Å².